The molecule has 0 saturated carbocycles. The topological polar surface area (TPSA) is 46.8 Å². The van der Waals surface area contributed by atoms with E-state index in [0.29, 0.717) is 6.54 Å². The van der Waals surface area contributed by atoms with E-state index in [9.17, 15) is 0 Å². The molecule has 0 amide bonds. The Hall–Kier alpha value is -2.14. The first-order valence-electron chi connectivity index (χ1n) is 7.93. The number of hydrogen-bond donors (Lipinski definition) is 0. The number of nitrogens with zero attached hydrogens (tertiary/aromatic N) is 5. The predicted octanol–water partition coefficient (Wildman–Crippen LogP) is 3.41. The molecule has 0 N–H and O–H groups in total. The molecule has 1 saturated heterocycles. The molecule has 5 nitrogen and oxygen atoms in total. The van der Waals surface area contributed by atoms with Crippen LogP contribution in [0.3, 0.4) is 0 Å². The summed E-state index contributed by atoms with van der Waals surface area (Å²) in [6.07, 6.45) is 5.92. The Bertz CT molecular complexity index is 795. The van der Waals surface area contributed by atoms with Gasteiger partial charge in [0, 0.05) is 13.1 Å². The molecule has 2 aromatic heterocycles. The average Bonchev–Trinajstić information content (AvgIpc) is 3.26. The highest BCUT2D eigenvalue weighted by atomic mass is 35.5. The second kappa shape index (κ2) is 6.16. The standard InChI is InChI=1S/C17H18ClN5/c18-15(13-6-2-1-3-7-13)11-23-17-14(10-21-23)16(19-12-20-17)22-8-4-5-9-22/h1-3,6-7,10,12,15H,4-5,8-9,11H2. The maximum Gasteiger partial charge on any atom is 0.163 e. The number of aromatic nitrogens is 4. The van der Waals surface area contributed by atoms with Crippen LogP contribution in [0.25, 0.3) is 11.0 Å². The van der Waals surface area contributed by atoms with Crippen LogP contribution < -0.4 is 4.90 Å². The quantitative estimate of drug-likeness (QED) is 0.689. The molecule has 1 aliphatic heterocycles. The van der Waals surface area contributed by atoms with Crippen LogP contribution in [0.2, 0.25) is 0 Å². The molecule has 1 unspecified atom stereocenters. The smallest absolute Gasteiger partial charge is 0.163 e. The highest BCUT2D eigenvalue weighted by molar-refractivity contribution is 6.20. The van der Waals surface area contributed by atoms with Gasteiger partial charge in [-0.05, 0) is 18.4 Å². The molecular weight excluding hydrogens is 310 g/mol. The summed E-state index contributed by atoms with van der Waals surface area (Å²) in [6.45, 7) is 2.70. The zero-order valence-electron chi connectivity index (χ0n) is 12.8. The zero-order valence-corrected chi connectivity index (χ0v) is 13.5. The first-order valence-corrected chi connectivity index (χ1v) is 8.37. The molecule has 6 heteroatoms. The van der Waals surface area contributed by atoms with Gasteiger partial charge >= 0.3 is 0 Å². The van der Waals surface area contributed by atoms with E-state index in [2.05, 4.69) is 20.0 Å². The molecule has 118 valence electrons. The maximum atomic E-state index is 6.55. The van der Waals surface area contributed by atoms with Crippen LogP contribution in [0.4, 0.5) is 5.82 Å². The molecule has 1 aromatic carbocycles. The van der Waals surface area contributed by atoms with E-state index in [4.69, 9.17) is 11.6 Å². The fraction of sp³-hybridized carbons (Fsp3) is 0.353. The van der Waals surface area contributed by atoms with Crippen LogP contribution in [0, 0.1) is 0 Å². The van der Waals surface area contributed by atoms with Crippen LogP contribution in [-0.4, -0.2) is 32.8 Å². The number of hydrogen-bond acceptors (Lipinski definition) is 4. The Balaban J connectivity index is 1.65. The maximum absolute atomic E-state index is 6.55. The summed E-state index contributed by atoms with van der Waals surface area (Å²) in [4.78, 5) is 11.2. The monoisotopic (exact) mass is 327 g/mol. The van der Waals surface area contributed by atoms with Crippen LogP contribution in [0.1, 0.15) is 23.8 Å². The van der Waals surface area contributed by atoms with Gasteiger partial charge in [0.15, 0.2) is 5.65 Å². The molecule has 4 rings (SSSR count). The van der Waals surface area contributed by atoms with Crippen LogP contribution >= 0.6 is 11.6 Å². The van der Waals surface area contributed by atoms with Crippen molar-refractivity contribution in [2.45, 2.75) is 24.8 Å². The number of benzene rings is 1. The number of rotatable bonds is 4. The number of alkyl halides is 1. The summed E-state index contributed by atoms with van der Waals surface area (Å²) in [5.74, 6) is 0.990. The van der Waals surface area contributed by atoms with Gasteiger partial charge in [0.25, 0.3) is 0 Å². The van der Waals surface area contributed by atoms with Gasteiger partial charge < -0.3 is 4.90 Å². The molecule has 0 bridgehead atoms. The molecule has 0 aliphatic carbocycles. The summed E-state index contributed by atoms with van der Waals surface area (Å²) in [6, 6.07) is 10.1. The summed E-state index contributed by atoms with van der Waals surface area (Å²) in [7, 11) is 0. The van der Waals surface area contributed by atoms with Gasteiger partial charge in [-0.25, -0.2) is 14.6 Å². The highest BCUT2D eigenvalue weighted by Crippen LogP contribution is 2.28. The van der Waals surface area contributed by atoms with E-state index in [0.717, 1.165) is 35.5 Å². The van der Waals surface area contributed by atoms with Crippen LogP contribution in [0.15, 0.2) is 42.9 Å². The third-order valence-corrected chi connectivity index (χ3v) is 4.70. The number of fused-ring (bicyclic) bond motifs is 1. The molecule has 1 aliphatic rings. The third-order valence-electron chi connectivity index (χ3n) is 4.31. The molecular formula is C17H18ClN5. The Kier molecular flexibility index (Phi) is 3.87. The summed E-state index contributed by atoms with van der Waals surface area (Å²) >= 11 is 6.55. The second-order valence-corrected chi connectivity index (χ2v) is 6.36. The lowest BCUT2D eigenvalue weighted by molar-refractivity contribution is 0.615. The van der Waals surface area contributed by atoms with Crippen molar-refractivity contribution in [2.24, 2.45) is 0 Å². The van der Waals surface area contributed by atoms with Crippen molar-refractivity contribution >= 4 is 28.5 Å². The normalized spacial score (nSPS) is 16.1. The summed E-state index contributed by atoms with van der Waals surface area (Å²) < 4.78 is 1.88. The third kappa shape index (κ3) is 2.77. The minimum atomic E-state index is -0.135. The molecule has 3 aromatic rings. The van der Waals surface area contributed by atoms with Gasteiger partial charge in [0.2, 0.25) is 0 Å². The van der Waals surface area contributed by atoms with Gasteiger partial charge in [-0.2, -0.15) is 5.10 Å². The van der Waals surface area contributed by atoms with Crippen molar-refractivity contribution in [3.05, 3.63) is 48.4 Å². The predicted molar refractivity (Wildman–Crippen MR) is 91.8 cm³/mol. The van der Waals surface area contributed by atoms with Gasteiger partial charge in [-0.15, -0.1) is 11.6 Å². The Morgan fingerprint density at radius 3 is 2.65 bits per heavy atom. The fourth-order valence-electron chi connectivity index (χ4n) is 3.11. The first kappa shape index (κ1) is 14.5. The molecule has 23 heavy (non-hydrogen) atoms. The van der Waals surface area contributed by atoms with Crippen molar-refractivity contribution in [1.82, 2.24) is 19.7 Å². The van der Waals surface area contributed by atoms with Crippen LogP contribution in [-0.2, 0) is 6.54 Å². The Labute approximate surface area is 139 Å². The zero-order chi connectivity index (χ0) is 15.6. The Morgan fingerprint density at radius 2 is 1.87 bits per heavy atom. The van der Waals surface area contributed by atoms with Crippen LogP contribution in [0.5, 0.6) is 0 Å². The van der Waals surface area contributed by atoms with E-state index in [-0.39, 0.29) is 5.38 Å². The summed E-state index contributed by atoms with van der Waals surface area (Å²) in [5, 5.41) is 5.37. The van der Waals surface area contributed by atoms with Crippen molar-refractivity contribution < 1.29 is 0 Å². The van der Waals surface area contributed by atoms with E-state index >= 15 is 0 Å². The fourth-order valence-corrected chi connectivity index (χ4v) is 3.39. The molecule has 1 fully saturated rings. The number of halogens is 1. The van der Waals surface area contributed by atoms with E-state index in [1.54, 1.807) is 6.33 Å². The number of anilines is 1. The van der Waals surface area contributed by atoms with Gasteiger partial charge in [0.1, 0.15) is 12.1 Å². The van der Waals surface area contributed by atoms with E-state index in [1.807, 2.05) is 41.2 Å². The molecule has 3 heterocycles. The minimum Gasteiger partial charge on any atom is -0.356 e. The largest absolute Gasteiger partial charge is 0.356 e. The van der Waals surface area contributed by atoms with Crippen molar-refractivity contribution in [3.8, 4) is 0 Å². The van der Waals surface area contributed by atoms with E-state index < -0.39 is 0 Å². The minimum absolute atomic E-state index is 0.135. The Morgan fingerprint density at radius 1 is 1.09 bits per heavy atom. The van der Waals surface area contributed by atoms with Crippen molar-refractivity contribution in [3.63, 3.8) is 0 Å². The molecule has 0 spiro atoms. The molecule has 1 atom stereocenters. The van der Waals surface area contributed by atoms with Gasteiger partial charge in [-0.3, -0.25) is 0 Å². The average molecular weight is 328 g/mol. The van der Waals surface area contributed by atoms with Gasteiger partial charge in [0.05, 0.1) is 23.5 Å². The highest BCUT2D eigenvalue weighted by Gasteiger charge is 2.19. The SMILES string of the molecule is ClC(Cn1ncc2c(N3CCCC3)ncnc21)c1ccccc1. The lowest BCUT2D eigenvalue weighted by Gasteiger charge is -2.16. The van der Waals surface area contributed by atoms with Crippen molar-refractivity contribution in [1.29, 1.82) is 0 Å². The second-order valence-electron chi connectivity index (χ2n) is 5.83. The lowest BCUT2D eigenvalue weighted by atomic mass is 10.1. The lowest BCUT2D eigenvalue weighted by Crippen LogP contribution is -2.19. The van der Waals surface area contributed by atoms with E-state index in [1.165, 1.54) is 12.8 Å². The first-order chi connectivity index (χ1) is 11.3. The summed E-state index contributed by atoms with van der Waals surface area (Å²) in [5.41, 5.74) is 1.94. The van der Waals surface area contributed by atoms with Crippen molar-refractivity contribution in [2.75, 3.05) is 18.0 Å². The van der Waals surface area contributed by atoms with Gasteiger partial charge in [-0.1, -0.05) is 30.3 Å². The molecule has 0 radical (unpaired) electrons.